The van der Waals surface area contributed by atoms with Gasteiger partial charge in [-0.1, -0.05) is 17.7 Å². The lowest BCUT2D eigenvalue weighted by Gasteiger charge is -2.40. The number of hydrogen-bond donors (Lipinski definition) is 2. The van der Waals surface area contributed by atoms with Crippen molar-refractivity contribution >= 4 is 23.3 Å². The lowest BCUT2D eigenvalue weighted by molar-refractivity contribution is 0.0697. The Morgan fingerprint density at radius 1 is 1.50 bits per heavy atom. The standard InChI is InChI=1S/C11H12ClNO3/c12-10-8(11(15)16)2-1-3-9(10)13-4-7(5-13)6-14/h1-3,7,14H,4-6H2,(H,15,16). The maximum absolute atomic E-state index is 10.9. The zero-order valence-corrected chi connectivity index (χ0v) is 9.31. The molecule has 0 saturated carbocycles. The predicted molar refractivity (Wildman–Crippen MR) is 61.2 cm³/mol. The predicted octanol–water partition coefficient (Wildman–Crippen LogP) is 1.47. The van der Waals surface area contributed by atoms with E-state index in [1.165, 1.54) is 6.07 Å². The molecule has 0 aromatic heterocycles. The third-order valence-electron chi connectivity index (χ3n) is 2.76. The fourth-order valence-electron chi connectivity index (χ4n) is 1.81. The largest absolute Gasteiger partial charge is 0.478 e. The molecule has 1 saturated heterocycles. The zero-order valence-electron chi connectivity index (χ0n) is 8.56. The van der Waals surface area contributed by atoms with Crippen LogP contribution in [0.2, 0.25) is 5.02 Å². The Morgan fingerprint density at radius 3 is 2.75 bits per heavy atom. The fraction of sp³-hybridized carbons (Fsp3) is 0.364. The summed E-state index contributed by atoms with van der Waals surface area (Å²) in [6.07, 6.45) is 0. The van der Waals surface area contributed by atoms with Crippen LogP contribution >= 0.6 is 11.6 Å². The smallest absolute Gasteiger partial charge is 0.337 e. The van der Waals surface area contributed by atoms with Crippen LogP contribution in [0.1, 0.15) is 10.4 Å². The number of anilines is 1. The molecule has 1 fully saturated rings. The van der Waals surface area contributed by atoms with Crippen molar-refractivity contribution in [3.05, 3.63) is 28.8 Å². The van der Waals surface area contributed by atoms with E-state index in [1.54, 1.807) is 12.1 Å². The monoisotopic (exact) mass is 241 g/mol. The van der Waals surface area contributed by atoms with Crippen molar-refractivity contribution in [2.75, 3.05) is 24.6 Å². The first kappa shape index (κ1) is 11.2. The first-order valence-electron chi connectivity index (χ1n) is 5.01. The molecule has 0 radical (unpaired) electrons. The summed E-state index contributed by atoms with van der Waals surface area (Å²) in [5.41, 5.74) is 0.845. The van der Waals surface area contributed by atoms with Crippen LogP contribution in [-0.2, 0) is 0 Å². The summed E-state index contributed by atoms with van der Waals surface area (Å²) in [7, 11) is 0. The van der Waals surface area contributed by atoms with Crippen LogP contribution in [0.15, 0.2) is 18.2 Å². The Hall–Kier alpha value is -1.26. The Morgan fingerprint density at radius 2 is 2.19 bits per heavy atom. The van der Waals surface area contributed by atoms with Crippen LogP contribution in [0.25, 0.3) is 0 Å². The van der Waals surface area contributed by atoms with Gasteiger partial charge in [0, 0.05) is 25.6 Å². The van der Waals surface area contributed by atoms with Gasteiger partial charge >= 0.3 is 5.97 Å². The SMILES string of the molecule is O=C(O)c1cccc(N2CC(CO)C2)c1Cl. The van der Waals surface area contributed by atoms with Crippen molar-refractivity contribution in [1.82, 2.24) is 0 Å². The van der Waals surface area contributed by atoms with Gasteiger partial charge in [-0.3, -0.25) is 0 Å². The van der Waals surface area contributed by atoms with Crippen LogP contribution in [-0.4, -0.2) is 35.9 Å². The van der Waals surface area contributed by atoms with Gasteiger partial charge in [0.2, 0.25) is 0 Å². The molecule has 1 aromatic rings. The van der Waals surface area contributed by atoms with Gasteiger partial charge in [-0.25, -0.2) is 4.79 Å². The molecule has 16 heavy (non-hydrogen) atoms. The Labute approximate surface area is 98.1 Å². The van der Waals surface area contributed by atoms with Gasteiger partial charge < -0.3 is 15.1 Å². The summed E-state index contributed by atoms with van der Waals surface area (Å²) in [5.74, 6) is -0.754. The molecule has 2 N–H and O–H groups in total. The van der Waals surface area contributed by atoms with Crippen LogP contribution in [0, 0.1) is 5.92 Å². The minimum atomic E-state index is -1.02. The number of aliphatic hydroxyl groups is 1. The number of hydrogen-bond acceptors (Lipinski definition) is 3. The maximum Gasteiger partial charge on any atom is 0.337 e. The van der Waals surface area contributed by atoms with Crippen molar-refractivity contribution in [1.29, 1.82) is 0 Å². The number of carboxylic acid groups (broad SMARTS) is 1. The fourth-order valence-corrected chi connectivity index (χ4v) is 2.14. The number of benzene rings is 1. The highest BCUT2D eigenvalue weighted by Crippen LogP contribution is 2.33. The molecule has 2 rings (SSSR count). The molecule has 1 aliphatic heterocycles. The number of aliphatic hydroxyl groups excluding tert-OH is 1. The number of carbonyl (C=O) groups is 1. The second kappa shape index (κ2) is 4.31. The highest BCUT2D eigenvalue weighted by atomic mass is 35.5. The van der Waals surface area contributed by atoms with E-state index < -0.39 is 5.97 Å². The van der Waals surface area contributed by atoms with Gasteiger partial charge in [-0.15, -0.1) is 0 Å². The molecule has 0 bridgehead atoms. The second-order valence-electron chi connectivity index (χ2n) is 3.90. The molecule has 1 heterocycles. The molecule has 5 heteroatoms. The average Bonchev–Trinajstić information content (AvgIpc) is 2.18. The van der Waals surface area contributed by atoms with Gasteiger partial charge in [0.1, 0.15) is 0 Å². The van der Waals surface area contributed by atoms with Crippen molar-refractivity contribution in [3.63, 3.8) is 0 Å². The Balaban J connectivity index is 2.23. The first-order chi connectivity index (χ1) is 7.63. The summed E-state index contributed by atoms with van der Waals surface area (Å²) < 4.78 is 0. The van der Waals surface area contributed by atoms with E-state index in [1.807, 2.05) is 4.90 Å². The third kappa shape index (κ3) is 1.86. The van der Waals surface area contributed by atoms with Gasteiger partial charge in [0.15, 0.2) is 0 Å². The van der Waals surface area contributed by atoms with E-state index in [4.69, 9.17) is 21.8 Å². The van der Waals surface area contributed by atoms with Crippen molar-refractivity contribution in [2.45, 2.75) is 0 Å². The van der Waals surface area contributed by atoms with Crippen molar-refractivity contribution < 1.29 is 15.0 Å². The molecule has 0 atom stereocenters. The van der Waals surface area contributed by atoms with Crippen molar-refractivity contribution in [2.24, 2.45) is 5.92 Å². The van der Waals surface area contributed by atoms with E-state index in [2.05, 4.69) is 0 Å². The summed E-state index contributed by atoms with van der Waals surface area (Å²) >= 11 is 6.02. The van der Waals surface area contributed by atoms with E-state index >= 15 is 0 Å². The molecule has 0 aliphatic carbocycles. The number of rotatable bonds is 3. The maximum atomic E-state index is 10.9. The highest BCUT2D eigenvalue weighted by Gasteiger charge is 2.28. The van der Waals surface area contributed by atoms with E-state index in [0.29, 0.717) is 0 Å². The van der Waals surface area contributed by atoms with Crippen LogP contribution in [0.3, 0.4) is 0 Å². The molecular weight excluding hydrogens is 230 g/mol. The Bertz CT molecular complexity index is 416. The van der Waals surface area contributed by atoms with Crippen molar-refractivity contribution in [3.8, 4) is 0 Å². The summed E-state index contributed by atoms with van der Waals surface area (Å²) in [6, 6.07) is 4.96. The molecule has 1 aromatic carbocycles. The minimum absolute atomic E-state index is 0.117. The lowest BCUT2D eigenvalue weighted by Crippen LogP contribution is -2.48. The van der Waals surface area contributed by atoms with E-state index in [0.717, 1.165) is 18.8 Å². The normalized spacial score (nSPS) is 16.0. The van der Waals surface area contributed by atoms with Gasteiger partial charge in [0.25, 0.3) is 0 Å². The molecule has 86 valence electrons. The Kier molecular flexibility index (Phi) is 3.03. The molecule has 0 spiro atoms. The van der Waals surface area contributed by atoms with Crippen LogP contribution in [0.4, 0.5) is 5.69 Å². The molecule has 4 nitrogen and oxygen atoms in total. The quantitative estimate of drug-likeness (QED) is 0.841. The van der Waals surface area contributed by atoms with Crippen LogP contribution < -0.4 is 4.90 Å². The second-order valence-corrected chi connectivity index (χ2v) is 4.28. The minimum Gasteiger partial charge on any atom is -0.478 e. The van der Waals surface area contributed by atoms with Gasteiger partial charge in [-0.2, -0.15) is 0 Å². The lowest BCUT2D eigenvalue weighted by atomic mass is 10.00. The third-order valence-corrected chi connectivity index (χ3v) is 3.16. The zero-order chi connectivity index (χ0) is 11.7. The first-order valence-corrected chi connectivity index (χ1v) is 5.39. The topological polar surface area (TPSA) is 60.8 Å². The van der Waals surface area contributed by atoms with E-state index in [9.17, 15) is 4.79 Å². The van der Waals surface area contributed by atoms with Crippen LogP contribution in [0.5, 0.6) is 0 Å². The summed E-state index contributed by atoms with van der Waals surface area (Å²) in [5, 5.41) is 18.1. The molecule has 0 unspecified atom stereocenters. The summed E-state index contributed by atoms with van der Waals surface area (Å²) in [4.78, 5) is 12.8. The van der Waals surface area contributed by atoms with Gasteiger partial charge in [0.05, 0.1) is 16.3 Å². The number of carboxylic acids is 1. The molecule has 0 amide bonds. The summed E-state index contributed by atoms with van der Waals surface area (Å²) in [6.45, 7) is 1.60. The van der Waals surface area contributed by atoms with Gasteiger partial charge in [-0.05, 0) is 12.1 Å². The molecular formula is C11H12ClNO3. The van der Waals surface area contributed by atoms with E-state index in [-0.39, 0.29) is 23.1 Å². The average molecular weight is 242 g/mol. The molecule has 1 aliphatic rings. The highest BCUT2D eigenvalue weighted by molar-refractivity contribution is 6.36. The number of aromatic carboxylic acids is 1. The number of nitrogens with zero attached hydrogens (tertiary/aromatic N) is 1. The number of halogens is 1.